The number of benzene rings is 2. The molecular formula is C17H14O4. The Morgan fingerprint density at radius 1 is 1.10 bits per heavy atom. The number of hydrogen-bond acceptors (Lipinski definition) is 4. The minimum Gasteiger partial charge on any atom is -0.508 e. The minimum atomic E-state index is -0.125. The number of rotatable bonds is 2. The maximum Gasteiger partial charge on any atom is 0.193 e. The van der Waals surface area contributed by atoms with Gasteiger partial charge in [0.05, 0.1) is 12.5 Å². The van der Waals surface area contributed by atoms with Crippen LogP contribution in [0.3, 0.4) is 0 Å². The van der Waals surface area contributed by atoms with Crippen molar-refractivity contribution in [1.82, 2.24) is 0 Å². The second-order valence-corrected chi connectivity index (χ2v) is 4.84. The van der Waals surface area contributed by atoms with Gasteiger partial charge in [-0.2, -0.15) is 0 Å². The number of phenolic OH excluding ortho intramolecular Hbond substituents is 1. The Balaban J connectivity index is 2.22. The van der Waals surface area contributed by atoms with E-state index in [1.54, 1.807) is 32.2 Å². The largest absolute Gasteiger partial charge is 0.508 e. The average molecular weight is 282 g/mol. The van der Waals surface area contributed by atoms with Gasteiger partial charge < -0.3 is 14.3 Å². The molecule has 4 nitrogen and oxygen atoms in total. The first-order valence-electron chi connectivity index (χ1n) is 6.50. The van der Waals surface area contributed by atoms with E-state index in [2.05, 4.69) is 0 Å². The van der Waals surface area contributed by atoms with Gasteiger partial charge in [-0.1, -0.05) is 0 Å². The maximum atomic E-state index is 12.3. The summed E-state index contributed by atoms with van der Waals surface area (Å²) in [5, 5.41) is 10.1. The summed E-state index contributed by atoms with van der Waals surface area (Å²) in [4.78, 5) is 12.3. The van der Waals surface area contributed by atoms with E-state index >= 15 is 0 Å². The first-order valence-corrected chi connectivity index (χ1v) is 6.50. The van der Waals surface area contributed by atoms with Crippen LogP contribution in [0.4, 0.5) is 0 Å². The van der Waals surface area contributed by atoms with Gasteiger partial charge in [0.2, 0.25) is 0 Å². The van der Waals surface area contributed by atoms with E-state index in [0.717, 1.165) is 11.3 Å². The molecule has 2 aromatic carbocycles. The van der Waals surface area contributed by atoms with E-state index in [0.29, 0.717) is 22.3 Å². The number of phenols is 1. The zero-order valence-corrected chi connectivity index (χ0v) is 11.7. The summed E-state index contributed by atoms with van der Waals surface area (Å²) in [6.07, 6.45) is 0. The molecule has 3 aromatic rings. The fraction of sp³-hybridized carbons (Fsp3) is 0.118. The summed E-state index contributed by atoms with van der Waals surface area (Å²) in [5.41, 5.74) is 1.72. The number of aryl methyl sites for hydroxylation is 1. The second kappa shape index (κ2) is 4.98. The number of aromatic hydroxyl groups is 1. The molecule has 106 valence electrons. The van der Waals surface area contributed by atoms with Crippen molar-refractivity contribution in [2.24, 2.45) is 0 Å². The Bertz CT molecular complexity index is 860. The third-order valence-corrected chi connectivity index (χ3v) is 3.39. The van der Waals surface area contributed by atoms with Crippen LogP contribution in [0, 0.1) is 6.92 Å². The Labute approximate surface area is 121 Å². The van der Waals surface area contributed by atoms with Crippen molar-refractivity contribution < 1.29 is 14.3 Å². The third kappa shape index (κ3) is 2.36. The van der Waals surface area contributed by atoms with E-state index in [-0.39, 0.29) is 11.2 Å². The van der Waals surface area contributed by atoms with Crippen molar-refractivity contribution in [2.75, 3.05) is 7.11 Å². The van der Waals surface area contributed by atoms with Crippen molar-refractivity contribution in [1.29, 1.82) is 0 Å². The lowest BCUT2D eigenvalue weighted by Crippen LogP contribution is -2.02. The van der Waals surface area contributed by atoms with E-state index in [4.69, 9.17) is 9.15 Å². The number of fused-ring (bicyclic) bond motifs is 1. The molecule has 0 fully saturated rings. The van der Waals surface area contributed by atoms with Gasteiger partial charge in [0, 0.05) is 17.7 Å². The van der Waals surface area contributed by atoms with Crippen LogP contribution in [0.1, 0.15) is 5.56 Å². The summed E-state index contributed by atoms with van der Waals surface area (Å²) in [7, 11) is 1.59. The molecule has 4 heteroatoms. The van der Waals surface area contributed by atoms with Crippen molar-refractivity contribution in [3.05, 3.63) is 58.3 Å². The van der Waals surface area contributed by atoms with Crippen LogP contribution in [0.5, 0.6) is 11.5 Å². The molecule has 21 heavy (non-hydrogen) atoms. The molecule has 0 aliphatic heterocycles. The molecule has 0 radical (unpaired) electrons. The minimum absolute atomic E-state index is 0.0787. The van der Waals surface area contributed by atoms with Crippen LogP contribution in [0.25, 0.3) is 22.3 Å². The first-order chi connectivity index (χ1) is 10.1. The fourth-order valence-electron chi connectivity index (χ4n) is 2.37. The topological polar surface area (TPSA) is 59.7 Å². The van der Waals surface area contributed by atoms with Gasteiger partial charge in [0.1, 0.15) is 22.8 Å². The highest BCUT2D eigenvalue weighted by Crippen LogP contribution is 2.27. The average Bonchev–Trinajstić information content (AvgIpc) is 2.46. The highest BCUT2D eigenvalue weighted by molar-refractivity contribution is 5.83. The van der Waals surface area contributed by atoms with Gasteiger partial charge in [0.15, 0.2) is 5.43 Å². The van der Waals surface area contributed by atoms with Crippen LogP contribution in [-0.2, 0) is 0 Å². The summed E-state index contributed by atoms with van der Waals surface area (Å²) in [6, 6.07) is 11.7. The predicted molar refractivity (Wildman–Crippen MR) is 80.9 cm³/mol. The van der Waals surface area contributed by atoms with Gasteiger partial charge in [-0.15, -0.1) is 0 Å². The van der Waals surface area contributed by atoms with Gasteiger partial charge >= 0.3 is 0 Å². The van der Waals surface area contributed by atoms with Gasteiger partial charge in [0.25, 0.3) is 0 Å². The summed E-state index contributed by atoms with van der Waals surface area (Å²) < 4.78 is 10.9. The molecule has 1 aromatic heterocycles. The van der Waals surface area contributed by atoms with Crippen molar-refractivity contribution in [3.63, 3.8) is 0 Å². The maximum absolute atomic E-state index is 12.3. The van der Waals surface area contributed by atoms with E-state index in [9.17, 15) is 9.90 Å². The molecule has 1 heterocycles. The van der Waals surface area contributed by atoms with Crippen LogP contribution < -0.4 is 10.2 Å². The molecule has 0 spiro atoms. The zero-order chi connectivity index (χ0) is 15.0. The van der Waals surface area contributed by atoms with E-state index in [1.165, 1.54) is 12.1 Å². The number of hydrogen-bond donors (Lipinski definition) is 1. The Morgan fingerprint density at radius 3 is 2.48 bits per heavy atom. The molecular weight excluding hydrogens is 268 g/mol. The highest BCUT2D eigenvalue weighted by Gasteiger charge is 2.10. The molecule has 0 amide bonds. The zero-order valence-electron chi connectivity index (χ0n) is 11.7. The standard InChI is InChI=1S/C17H14O4/c1-10-7-12(18)8-16-17(10)14(19)9-15(21-16)11-3-5-13(20-2)6-4-11/h3-9,18H,1-2H3. The van der Waals surface area contributed by atoms with E-state index < -0.39 is 0 Å². The van der Waals surface area contributed by atoms with Crippen molar-refractivity contribution in [2.45, 2.75) is 6.92 Å². The molecule has 0 saturated heterocycles. The van der Waals surface area contributed by atoms with Gasteiger partial charge in [-0.3, -0.25) is 4.79 Å². The molecule has 0 atom stereocenters. The normalized spacial score (nSPS) is 10.8. The second-order valence-electron chi connectivity index (χ2n) is 4.84. The monoisotopic (exact) mass is 282 g/mol. The SMILES string of the molecule is COc1ccc(-c2cc(=O)c3c(C)cc(O)cc3o2)cc1. The Morgan fingerprint density at radius 2 is 1.81 bits per heavy atom. The quantitative estimate of drug-likeness (QED) is 0.781. The van der Waals surface area contributed by atoms with Gasteiger partial charge in [-0.25, -0.2) is 0 Å². The molecule has 0 unspecified atom stereocenters. The van der Waals surface area contributed by atoms with E-state index in [1.807, 2.05) is 12.1 Å². The molecule has 0 aliphatic rings. The van der Waals surface area contributed by atoms with Crippen LogP contribution in [0.2, 0.25) is 0 Å². The van der Waals surface area contributed by atoms with Crippen LogP contribution >= 0.6 is 0 Å². The summed E-state index contributed by atoms with van der Waals surface area (Å²) in [6.45, 7) is 1.77. The lowest BCUT2D eigenvalue weighted by molar-refractivity contribution is 0.415. The Kier molecular flexibility index (Phi) is 3.14. The lowest BCUT2D eigenvalue weighted by atomic mass is 10.1. The first kappa shape index (κ1) is 13.2. The summed E-state index contributed by atoms with van der Waals surface area (Å²) >= 11 is 0. The van der Waals surface area contributed by atoms with Gasteiger partial charge in [-0.05, 0) is 42.8 Å². The third-order valence-electron chi connectivity index (χ3n) is 3.39. The fourth-order valence-corrected chi connectivity index (χ4v) is 2.37. The highest BCUT2D eigenvalue weighted by atomic mass is 16.5. The molecule has 3 rings (SSSR count). The van der Waals surface area contributed by atoms with Crippen LogP contribution in [-0.4, -0.2) is 12.2 Å². The lowest BCUT2D eigenvalue weighted by Gasteiger charge is -2.06. The molecule has 1 N–H and O–H groups in total. The number of methoxy groups -OCH3 is 1. The Hall–Kier alpha value is -2.75. The smallest absolute Gasteiger partial charge is 0.193 e. The predicted octanol–water partition coefficient (Wildman–Crippen LogP) is 3.48. The van der Waals surface area contributed by atoms with Crippen molar-refractivity contribution >= 4 is 11.0 Å². The molecule has 0 bridgehead atoms. The molecule has 0 aliphatic carbocycles. The van der Waals surface area contributed by atoms with Crippen molar-refractivity contribution in [3.8, 4) is 22.8 Å². The summed E-state index contributed by atoms with van der Waals surface area (Å²) in [5.74, 6) is 1.27. The molecule has 0 saturated carbocycles. The number of ether oxygens (including phenoxy) is 1. The van der Waals surface area contributed by atoms with Crippen LogP contribution in [0.15, 0.2) is 51.7 Å².